The van der Waals surface area contributed by atoms with E-state index < -0.39 is 5.97 Å². The molecule has 4 nitrogen and oxygen atoms in total. The van der Waals surface area contributed by atoms with E-state index in [0.29, 0.717) is 5.56 Å². The van der Waals surface area contributed by atoms with Crippen molar-refractivity contribution in [3.63, 3.8) is 0 Å². The first-order chi connectivity index (χ1) is 7.11. The van der Waals surface area contributed by atoms with Crippen LogP contribution in [0.1, 0.15) is 28.9 Å². The molecule has 0 aliphatic heterocycles. The summed E-state index contributed by atoms with van der Waals surface area (Å²) < 4.78 is 9.71. The van der Waals surface area contributed by atoms with Crippen LogP contribution < -0.4 is 0 Å². The summed E-state index contributed by atoms with van der Waals surface area (Å²) in [7, 11) is 2.81. The van der Waals surface area contributed by atoms with Gasteiger partial charge in [-0.3, -0.25) is 0 Å². The molecule has 1 aromatic rings. The van der Waals surface area contributed by atoms with E-state index >= 15 is 0 Å². The van der Waals surface area contributed by atoms with Crippen molar-refractivity contribution in [1.29, 1.82) is 0 Å². The molecule has 1 unspecified atom stereocenters. The summed E-state index contributed by atoms with van der Waals surface area (Å²) in [6.45, 7) is 1.79. The molecule has 4 heteroatoms. The monoisotopic (exact) mass is 210 g/mol. The SMILES string of the molecule is COC(=O)c1c(O)cccc1C(C)OC. The number of benzene rings is 1. The molecule has 0 bridgehead atoms. The Morgan fingerprint density at radius 3 is 2.60 bits per heavy atom. The average Bonchev–Trinajstić information content (AvgIpc) is 2.26. The van der Waals surface area contributed by atoms with Gasteiger partial charge in [0.25, 0.3) is 0 Å². The third-order valence-corrected chi connectivity index (χ3v) is 2.26. The summed E-state index contributed by atoms with van der Waals surface area (Å²) in [5, 5.41) is 9.58. The lowest BCUT2D eigenvalue weighted by molar-refractivity contribution is 0.0585. The molecule has 0 aliphatic carbocycles. The molecule has 0 heterocycles. The van der Waals surface area contributed by atoms with Gasteiger partial charge in [-0.15, -0.1) is 0 Å². The molecular weight excluding hydrogens is 196 g/mol. The number of rotatable bonds is 3. The smallest absolute Gasteiger partial charge is 0.342 e. The lowest BCUT2D eigenvalue weighted by Gasteiger charge is -2.14. The Morgan fingerprint density at radius 2 is 2.07 bits per heavy atom. The van der Waals surface area contributed by atoms with E-state index in [-0.39, 0.29) is 17.4 Å². The zero-order chi connectivity index (χ0) is 11.4. The van der Waals surface area contributed by atoms with Gasteiger partial charge in [-0.1, -0.05) is 12.1 Å². The van der Waals surface area contributed by atoms with Gasteiger partial charge in [-0.2, -0.15) is 0 Å². The standard InChI is InChI=1S/C11H14O4/c1-7(14-2)8-5-4-6-9(12)10(8)11(13)15-3/h4-7,12H,1-3H3. The zero-order valence-corrected chi connectivity index (χ0v) is 8.98. The van der Waals surface area contributed by atoms with E-state index in [1.165, 1.54) is 20.3 Å². The minimum absolute atomic E-state index is 0.0942. The first kappa shape index (κ1) is 11.5. The fourth-order valence-corrected chi connectivity index (χ4v) is 1.35. The molecule has 0 amide bonds. The molecule has 1 atom stereocenters. The minimum atomic E-state index is -0.563. The molecule has 0 aliphatic rings. The largest absolute Gasteiger partial charge is 0.507 e. The molecule has 0 saturated carbocycles. The summed E-state index contributed by atoms with van der Waals surface area (Å²) in [5.41, 5.74) is 0.777. The van der Waals surface area contributed by atoms with Crippen LogP contribution in [-0.4, -0.2) is 25.3 Å². The van der Waals surface area contributed by atoms with Gasteiger partial charge < -0.3 is 14.6 Å². The van der Waals surface area contributed by atoms with Crippen molar-refractivity contribution in [3.05, 3.63) is 29.3 Å². The average molecular weight is 210 g/mol. The molecule has 1 N–H and O–H groups in total. The highest BCUT2D eigenvalue weighted by atomic mass is 16.5. The van der Waals surface area contributed by atoms with E-state index in [2.05, 4.69) is 4.74 Å². The maximum Gasteiger partial charge on any atom is 0.342 e. The fourth-order valence-electron chi connectivity index (χ4n) is 1.35. The topological polar surface area (TPSA) is 55.8 Å². The summed E-state index contributed by atoms with van der Waals surface area (Å²) in [5.74, 6) is -0.657. The number of carbonyl (C=O) groups excluding carboxylic acids is 1. The van der Waals surface area contributed by atoms with Gasteiger partial charge in [0, 0.05) is 7.11 Å². The molecule has 82 valence electrons. The Hall–Kier alpha value is -1.55. The third kappa shape index (κ3) is 2.27. The second-order valence-corrected chi connectivity index (χ2v) is 3.11. The lowest BCUT2D eigenvalue weighted by atomic mass is 10.0. The van der Waals surface area contributed by atoms with Gasteiger partial charge in [-0.05, 0) is 18.6 Å². The van der Waals surface area contributed by atoms with Crippen LogP contribution in [-0.2, 0) is 9.47 Å². The quantitative estimate of drug-likeness (QED) is 0.774. The van der Waals surface area contributed by atoms with Crippen LogP contribution >= 0.6 is 0 Å². The summed E-state index contributed by atoms with van der Waals surface area (Å²) in [4.78, 5) is 11.4. The van der Waals surface area contributed by atoms with Crippen LogP contribution in [0, 0.1) is 0 Å². The Labute approximate surface area is 88.4 Å². The van der Waals surface area contributed by atoms with E-state index in [9.17, 15) is 9.90 Å². The molecule has 0 saturated heterocycles. The van der Waals surface area contributed by atoms with Crippen molar-refractivity contribution in [2.75, 3.05) is 14.2 Å². The van der Waals surface area contributed by atoms with Crippen LogP contribution in [0.5, 0.6) is 5.75 Å². The Bertz CT molecular complexity index is 360. The predicted octanol–water partition coefficient (Wildman–Crippen LogP) is 1.89. The van der Waals surface area contributed by atoms with Gasteiger partial charge in [0.05, 0.1) is 13.2 Å². The molecule has 0 spiro atoms. The molecular formula is C11H14O4. The Kier molecular flexibility index (Phi) is 3.68. The number of hydrogen-bond acceptors (Lipinski definition) is 4. The van der Waals surface area contributed by atoms with Crippen molar-refractivity contribution in [3.8, 4) is 5.75 Å². The van der Waals surface area contributed by atoms with E-state index in [1.54, 1.807) is 19.1 Å². The van der Waals surface area contributed by atoms with Crippen molar-refractivity contribution in [1.82, 2.24) is 0 Å². The van der Waals surface area contributed by atoms with Gasteiger partial charge in [-0.25, -0.2) is 4.79 Å². The van der Waals surface area contributed by atoms with E-state index in [0.717, 1.165) is 0 Å². The number of esters is 1. The lowest BCUT2D eigenvalue weighted by Crippen LogP contribution is -2.09. The van der Waals surface area contributed by atoms with Crippen LogP contribution in [0.25, 0.3) is 0 Å². The first-order valence-electron chi connectivity index (χ1n) is 4.54. The van der Waals surface area contributed by atoms with Crippen molar-refractivity contribution in [2.24, 2.45) is 0 Å². The van der Waals surface area contributed by atoms with E-state index in [1.807, 2.05) is 0 Å². The molecule has 1 rings (SSSR count). The zero-order valence-electron chi connectivity index (χ0n) is 8.98. The second-order valence-electron chi connectivity index (χ2n) is 3.11. The maximum absolute atomic E-state index is 11.4. The summed E-state index contributed by atoms with van der Waals surface area (Å²) >= 11 is 0. The highest BCUT2D eigenvalue weighted by Crippen LogP contribution is 2.28. The normalized spacial score (nSPS) is 12.2. The maximum atomic E-state index is 11.4. The highest BCUT2D eigenvalue weighted by molar-refractivity contribution is 5.94. The van der Waals surface area contributed by atoms with Crippen molar-refractivity contribution < 1.29 is 19.4 Å². The first-order valence-corrected chi connectivity index (χ1v) is 4.54. The van der Waals surface area contributed by atoms with Gasteiger partial charge in [0.1, 0.15) is 11.3 Å². The second kappa shape index (κ2) is 4.79. The van der Waals surface area contributed by atoms with Gasteiger partial charge >= 0.3 is 5.97 Å². The molecule has 0 fully saturated rings. The number of phenols is 1. The van der Waals surface area contributed by atoms with Gasteiger partial charge in [0.2, 0.25) is 0 Å². The number of methoxy groups -OCH3 is 2. The Balaban J connectivity index is 3.26. The third-order valence-electron chi connectivity index (χ3n) is 2.26. The Morgan fingerprint density at radius 1 is 1.40 bits per heavy atom. The van der Waals surface area contributed by atoms with Crippen LogP contribution in [0.3, 0.4) is 0 Å². The van der Waals surface area contributed by atoms with Crippen LogP contribution in [0.2, 0.25) is 0 Å². The highest BCUT2D eigenvalue weighted by Gasteiger charge is 2.20. The number of ether oxygens (including phenoxy) is 2. The van der Waals surface area contributed by atoms with Crippen molar-refractivity contribution in [2.45, 2.75) is 13.0 Å². The van der Waals surface area contributed by atoms with Crippen LogP contribution in [0.15, 0.2) is 18.2 Å². The van der Waals surface area contributed by atoms with Gasteiger partial charge in [0.15, 0.2) is 0 Å². The number of aromatic hydroxyl groups is 1. The number of carbonyl (C=O) groups is 1. The number of phenolic OH excluding ortho intramolecular Hbond substituents is 1. The fraction of sp³-hybridized carbons (Fsp3) is 0.364. The predicted molar refractivity (Wildman–Crippen MR) is 54.9 cm³/mol. The molecule has 0 radical (unpaired) electrons. The molecule has 0 aromatic heterocycles. The number of hydrogen-bond donors (Lipinski definition) is 1. The van der Waals surface area contributed by atoms with E-state index in [4.69, 9.17) is 4.74 Å². The summed E-state index contributed by atoms with van der Waals surface area (Å²) in [6, 6.07) is 4.82. The molecule has 1 aromatic carbocycles. The van der Waals surface area contributed by atoms with Crippen LogP contribution in [0.4, 0.5) is 0 Å². The molecule has 15 heavy (non-hydrogen) atoms. The summed E-state index contributed by atoms with van der Waals surface area (Å²) in [6.07, 6.45) is -0.272. The minimum Gasteiger partial charge on any atom is -0.507 e. The van der Waals surface area contributed by atoms with Crippen molar-refractivity contribution >= 4 is 5.97 Å².